The van der Waals surface area contributed by atoms with Gasteiger partial charge in [0.05, 0.1) is 17.9 Å². The van der Waals surface area contributed by atoms with Crippen LogP contribution in [0.2, 0.25) is 23.2 Å². The van der Waals surface area contributed by atoms with E-state index in [0.717, 1.165) is 0 Å². The van der Waals surface area contributed by atoms with E-state index in [1.54, 1.807) is 18.2 Å². The molecule has 2 aromatic rings. The average Bonchev–Trinajstić information content (AvgIpc) is 2.80. The third-order valence-electron chi connectivity index (χ3n) is 4.64. The van der Waals surface area contributed by atoms with Crippen molar-refractivity contribution in [3.05, 3.63) is 34.5 Å². The highest BCUT2D eigenvalue weighted by Crippen LogP contribution is 2.37. The molecule has 7 heteroatoms. The molecule has 5 nitrogen and oxygen atoms in total. The first kappa shape index (κ1) is 18.7. The van der Waals surface area contributed by atoms with Crippen LogP contribution >= 0.6 is 11.6 Å². The lowest BCUT2D eigenvalue weighted by atomic mass is 10.1. The lowest BCUT2D eigenvalue weighted by molar-refractivity contribution is -0.131. The molecule has 0 unspecified atom stereocenters. The van der Waals surface area contributed by atoms with Crippen molar-refractivity contribution < 1.29 is 19.1 Å². The minimum Gasteiger partial charge on any atom is -0.475 e. The van der Waals surface area contributed by atoms with E-state index in [-0.39, 0.29) is 17.2 Å². The molecule has 0 bridgehead atoms. The van der Waals surface area contributed by atoms with Gasteiger partial charge in [0.25, 0.3) is 5.78 Å². The Labute approximate surface area is 147 Å². The maximum Gasteiger partial charge on any atom is 0.377 e. The second-order valence-corrected chi connectivity index (χ2v) is 12.6. The van der Waals surface area contributed by atoms with E-state index < -0.39 is 20.1 Å². The highest BCUT2D eigenvalue weighted by atomic mass is 35.5. The van der Waals surface area contributed by atoms with Crippen molar-refractivity contribution in [1.82, 2.24) is 4.98 Å². The fourth-order valence-corrected chi connectivity index (χ4v) is 3.27. The molecule has 0 saturated carbocycles. The smallest absolute Gasteiger partial charge is 0.377 e. The number of carboxylic acid groups (broad SMARTS) is 1. The number of hydrogen-bond acceptors (Lipinski definition) is 3. The van der Waals surface area contributed by atoms with Crippen LogP contribution in [0.4, 0.5) is 0 Å². The minimum atomic E-state index is -2.04. The zero-order chi connectivity index (χ0) is 18.3. The van der Waals surface area contributed by atoms with E-state index in [1.807, 2.05) is 0 Å². The van der Waals surface area contributed by atoms with Crippen molar-refractivity contribution >= 4 is 42.6 Å². The topological polar surface area (TPSA) is 79.4 Å². The van der Waals surface area contributed by atoms with Gasteiger partial charge in [0.15, 0.2) is 8.32 Å². The van der Waals surface area contributed by atoms with Gasteiger partial charge in [0.2, 0.25) is 0 Å². The Morgan fingerprint density at radius 1 is 1.29 bits per heavy atom. The van der Waals surface area contributed by atoms with Crippen LogP contribution < -0.4 is 0 Å². The van der Waals surface area contributed by atoms with Gasteiger partial charge in [-0.2, -0.15) is 0 Å². The molecule has 130 valence electrons. The summed E-state index contributed by atoms with van der Waals surface area (Å²) in [5.41, 5.74) is 1.26. The molecule has 0 fully saturated rings. The van der Waals surface area contributed by atoms with Crippen LogP contribution in [-0.4, -0.2) is 30.2 Å². The van der Waals surface area contributed by atoms with E-state index in [0.29, 0.717) is 21.6 Å². The molecular weight excluding hydrogens is 346 g/mol. The van der Waals surface area contributed by atoms with E-state index in [9.17, 15) is 9.59 Å². The van der Waals surface area contributed by atoms with Crippen molar-refractivity contribution in [1.29, 1.82) is 0 Å². The summed E-state index contributed by atoms with van der Waals surface area (Å²) in [5, 5.41) is 10.1. The highest BCUT2D eigenvalue weighted by molar-refractivity contribution is 6.74. The summed E-state index contributed by atoms with van der Waals surface area (Å²) in [4.78, 5) is 26.5. The fraction of sp³-hybridized carbons (Fsp3) is 0.412. The summed E-state index contributed by atoms with van der Waals surface area (Å²) >= 11 is 6.00. The number of aromatic nitrogens is 1. The van der Waals surface area contributed by atoms with Gasteiger partial charge >= 0.3 is 5.97 Å². The first-order chi connectivity index (χ1) is 10.9. The first-order valence-electron chi connectivity index (χ1n) is 7.66. The van der Waals surface area contributed by atoms with Gasteiger partial charge in [-0.05, 0) is 36.3 Å². The number of rotatable bonds is 5. The van der Waals surface area contributed by atoms with Crippen LogP contribution in [0.15, 0.2) is 18.2 Å². The number of carbonyl (C=O) groups is 2. The van der Waals surface area contributed by atoms with Gasteiger partial charge in [0, 0.05) is 15.9 Å². The number of benzene rings is 1. The molecule has 0 aliphatic carbocycles. The number of hydrogen-bond donors (Lipinski definition) is 2. The maximum absolute atomic E-state index is 12.2. The van der Waals surface area contributed by atoms with Gasteiger partial charge in [-0.1, -0.05) is 32.4 Å². The number of aromatic amines is 1. The van der Waals surface area contributed by atoms with Gasteiger partial charge in [-0.15, -0.1) is 0 Å². The van der Waals surface area contributed by atoms with E-state index in [2.05, 4.69) is 38.8 Å². The van der Waals surface area contributed by atoms with Crippen LogP contribution in [-0.2, 0) is 15.8 Å². The molecule has 0 radical (unpaired) electrons. The number of carbonyl (C=O) groups excluding carboxylic acids is 1. The minimum absolute atomic E-state index is 0.0132. The molecule has 0 saturated heterocycles. The molecule has 2 rings (SSSR count). The average molecular weight is 368 g/mol. The molecule has 1 aromatic carbocycles. The highest BCUT2D eigenvalue weighted by Gasteiger charge is 2.37. The third-order valence-corrected chi connectivity index (χ3v) is 9.36. The molecular formula is C17H22ClNO4Si. The number of aliphatic carboxylic acids is 1. The van der Waals surface area contributed by atoms with Crippen LogP contribution in [0.1, 0.15) is 36.8 Å². The summed E-state index contributed by atoms with van der Waals surface area (Å²) in [6, 6.07) is 5.01. The monoisotopic (exact) mass is 367 g/mol. The number of carboxylic acids is 1. The zero-order valence-electron chi connectivity index (χ0n) is 14.5. The Kier molecular flexibility index (Phi) is 4.95. The van der Waals surface area contributed by atoms with Gasteiger partial charge in [-0.3, -0.25) is 4.79 Å². The van der Waals surface area contributed by atoms with Crippen molar-refractivity contribution in [2.75, 3.05) is 0 Å². The number of H-pyrrole nitrogens is 1. The molecule has 1 heterocycles. The number of ketones is 1. The summed E-state index contributed by atoms with van der Waals surface area (Å²) in [6.07, 6.45) is 0. The quantitative estimate of drug-likeness (QED) is 0.459. The Balaban J connectivity index is 2.48. The summed E-state index contributed by atoms with van der Waals surface area (Å²) in [7, 11) is -2.04. The number of Topliss-reactive ketones (excluding diaryl/α,β-unsaturated/α-hetero) is 1. The van der Waals surface area contributed by atoms with Crippen molar-refractivity contribution in [2.24, 2.45) is 0 Å². The SMILES string of the molecule is CC(C)(C)[Si](C)(C)OCc1[nH]c2ccc(Cl)cc2c1C(=O)C(=O)O. The lowest BCUT2D eigenvalue weighted by Gasteiger charge is -2.36. The molecule has 24 heavy (non-hydrogen) atoms. The second-order valence-electron chi connectivity index (χ2n) is 7.35. The lowest BCUT2D eigenvalue weighted by Crippen LogP contribution is -2.40. The Bertz CT molecular complexity index is 805. The molecule has 0 aliphatic rings. The predicted octanol–water partition coefficient (Wildman–Crippen LogP) is 4.61. The largest absolute Gasteiger partial charge is 0.475 e. The standard InChI is InChI=1S/C17H22ClNO4Si/c1-17(2,3)24(4,5)23-9-13-14(15(20)16(21)22)11-8-10(18)6-7-12(11)19-13/h6-8,19H,9H2,1-5H3,(H,21,22). The van der Waals surface area contributed by atoms with Crippen molar-refractivity contribution in [2.45, 2.75) is 45.5 Å². The number of nitrogens with one attached hydrogen (secondary N) is 1. The van der Waals surface area contributed by atoms with Crippen LogP contribution in [0.3, 0.4) is 0 Å². The van der Waals surface area contributed by atoms with Crippen LogP contribution in [0.5, 0.6) is 0 Å². The van der Waals surface area contributed by atoms with Crippen LogP contribution in [0, 0.1) is 0 Å². The molecule has 0 aliphatic heterocycles. The Hall–Kier alpha value is -1.63. The number of halogens is 1. The third kappa shape index (κ3) is 3.55. The maximum atomic E-state index is 12.2. The van der Waals surface area contributed by atoms with Crippen LogP contribution in [0.25, 0.3) is 10.9 Å². The summed E-state index contributed by atoms with van der Waals surface area (Å²) in [5.74, 6) is -2.46. The fourth-order valence-electron chi connectivity index (χ4n) is 2.16. The first-order valence-corrected chi connectivity index (χ1v) is 10.9. The predicted molar refractivity (Wildman–Crippen MR) is 97.3 cm³/mol. The Morgan fingerprint density at radius 2 is 1.92 bits per heavy atom. The van der Waals surface area contributed by atoms with Gasteiger partial charge in [0.1, 0.15) is 0 Å². The van der Waals surface area contributed by atoms with E-state index >= 15 is 0 Å². The van der Waals surface area contributed by atoms with Crippen molar-refractivity contribution in [3.63, 3.8) is 0 Å². The molecule has 2 N–H and O–H groups in total. The van der Waals surface area contributed by atoms with Gasteiger partial charge < -0.3 is 14.5 Å². The summed E-state index contributed by atoms with van der Waals surface area (Å²) in [6.45, 7) is 10.7. The molecule has 1 aromatic heterocycles. The molecule has 0 atom stereocenters. The number of fused-ring (bicyclic) bond motifs is 1. The molecule has 0 spiro atoms. The second kappa shape index (κ2) is 6.35. The van der Waals surface area contributed by atoms with E-state index in [1.165, 1.54) is 0 Å². The van der Waals surface area contributed by atoms with Crippen molar-refractivity contribution in [3.8, 4) is 0 Å². The van der Waals surface area contributed by atoms with Gasteiger partial charge in [-0.25, -0.2) is 4.79 Å². The zero-order valence-corrected chi connectivity index (χ0v) is 16.2. The Morgan fingerprint density at radius 3 is 2.46 bits per heavy atom. The van der Waals surface area contributed by atoms with E-state index in [4.69, 9.17) is 21.1 Å². The normalized spacial score (nSPS) is 12.6. The summed E-state index contributed by atoms with van der Waals surface area (Å²) < 4.78 is 6.14. The molecule has 0 amide bonds.